The number of hydrogen-bond acceptors (Lipinski definition) is 3. The molecule has 1 aliphatic rings. The standard InChI is InChI=1S/C21H16ClN3OS/c22-17-8-4-3-7-16(17)18-12-25-19(13-27-21(25)23-18)20(26)24-10-9-14-5-1-2-6-15(14)11-24/h1-8,12-13H,9-11H2. The van der Waals surface area contributed by atoms with Gasteiger partial charge in [0, 0.05) is 30.2 Å². The zero-order valence-electron chi connectivity index (χ0n) is 14.4. The number of carbonyl (C=O) groups is 1. The fourth-order valence-electron chi connectivity index (χ4n) is 3.57. The molecule has 134 valence electrons. The highest BCUT2D eigenvalue weighted by Crippen LogP contribution is 2.30. The number of rotatable bonds is 2. The van der Waals surface area contributed by atoms with Gasteiger partial charge in [0.2, 0.25) is 0 Å². The Bertz CT molecular complexity index is 1160. The van der Waals surface area contributed by atoms with Crippen LogP contribution in [0.25, 0.3) is 16.2 Å². The monoisotopic (exact) mass is 393 g/mol. The Morgan fingerprint density at radius 3 is 2.70 bits per heavy atom. The lowest BCUT2D eigenvalue weighted by molar-refractivity contribution is 0.0728. The highest BCUT2D eigenvalue weighted by atomic mass is 35.5. The first kappa shape index (κ1) is 16.5. The van der Waals surface area contributed by atoms with E-state index in [4.69, 9.17) is 11.6 Å². The van der Waals surface area contributed by atoms with Crippen molar-refractivity contribution in [3.05, 3.63) is 82.0 Å². The number of halogens is 1. The van der Waals surface area contributed by atoms with E-state index in [1.807, 2.05) is 51.2 Å². The van der Waals surface area contributed by atoms with Crippen LogP contribution in [0.3, 0.4) is 0 Å². The number of nitrogens with zero attached hydrogens (tertiary/aromatic N) is 3. The summed E-state index contributed by atoms with van der Waals surface area (Å²) in [6.45, 7) is 1.39. The van der Waals surface area contributed by atoms with Gasteiger partial charge >= 0.3 is 0 Å². The molecule has 0 bridgehead atoms. The predicted molar refractivity (Wildman–Crippen MR) is 108 cm³/mol. The van der Waals surface area contributed by atoms with Gasteiger partial charge in [-0.3, -0.25) is 9.20 Å². The number of benzene rings is 2. The summed E-state index contributed by atoms with van der Waals surface area (Å²) in [7, 11) is 0. The summed E-state index contributed by atoms with van der Waals surface area (Å²) >= 11 is 7.78. The van der Waals surface area contributed by atoms with Gasteiger partial charge in [-0.1, -0.05) is 54.1 Å². The molecular formula is C21H16ClN3OS. The predicted octanol–water partition coefficient (Wildman–Crippen LogP) is 4.91. The minimum atomic E-state index is 0.0406. The molecule has 0 unspecified atom stereocenters. The molecule has 0 saturated carbocycles. The summed E-state index contributed by atoms with van der Waals surface area (Å²) in [4.78, 5) is 20.5. The average Bonchev–Trinajstić information content (AvgIpc) is 3.28. The van der Waals surface area contributed by atoms with Crippen LogP contribution in [0, 0.1) is 0 Å². The SMILES string of the molecule is O=C(c1csc2nc(-c3ccccc3Cl)cn12)N1CCc2ccccc2C1. The van der Waals surface area contributed by atoms with Gasteiger partial charge in [0.15, 0.2) is 4.96 Å². The third kappa shape index (κ3) is 2.83. The molecule has 3 heterocycles. The number of fused-ring (bicyclic) bond motifs is 2. The van der Waals surface area contributed by atoms with Gasteiger partial charge in [0.05, 0.1) is 10.7 Å². The first-order chi connectivity index (χ1) is 13.2. The molecule has 0 N–H and O–H groups in total. The molecule has 0 radical (unpaired) electrons. The molecule has 6 heteroatoms. The second-order valence-electron chi connectivity index (χ2n) is 6.62. The average molecular weight is 394 g/mol. The zero-order chi connectivity index (χ0) is 18.4. The number of carbonyl (C=O) groups excluding carboxylic acids is 1. The van der Waals surface area contributed by atoms with Gasteiger partial charge in [-0.25, -0.2) is 4.98 Å². The van der Waals surface area contributed by atoms with Gasteiger partial charge in [-0.05, 0) is 23.6 Å². The van der Waals surface area contributed by atoms with E-state index in [2.05, 4.69) is 23.2 Å². The number of hydrogen-bond donors (Lipinski definition) is 0. The molecule has 2 aromatic carbocycles. The van der Waals surface area contributed by atoms with Gasteiger partial charge in [0.1, 0.15) is 5.69 Å². The molecule has 1 aliphatic heterocycles. The van der Waals surface area contributed by atoms with Crippen molar-refractivity contribution in [3.8, 4) is 11.3 Å². The third-order valence-corrected chi connectivity index (χ3v) is 6.17. The van der Waals surface area contributed by atoms with Crippen LogP contribution in [0.2, 0.25) is 5.02 Å². The van der Waals surface area contributed by atoms with Crippen molar-refractivity contribution in [1.82, 2.24) is 14.3 Å². The molecule has 2 aromatic heterocycles. The summed E-state index contributed by atoms with van der Waals surface area (Å²) in [6.07, 6.45) is 2.79. The Morgan fingerprint density at radius 1 is 1.07 bits per heavy atom. The maximum absolute atomic E-state index is 13.2. The number of amides is 1. The highest BCUT2D eigenvalue weighted by molar-refractivity contribution is 7.15. The van der Waals surface area contributed by atoms with Crippen molar-refractivity contribution in [2.24, 2.45) is 0 Å². The van der Waals surface area contributed by atoms with Crippen LogP contribution >= 0.6 is 22.9 Å². The van der Waals surface area contributed by atoms with E-state index >= 15 is 0 Å². The summed E-state index contributed by atoms with van der Waals surface area (Å²) in [5.74, 6) is 0.0406. The molecule has 0 fully saturated rings. The van der Waals surface area contributed by atoms with Crippen molar-refractivity contribution in [2.75, 3.05) is 6.54 Å². The second kappa shape index (κ2) is 6.51. The van der Waals surface area contributed by atoms with Crippen LogP contribution in [0.4, 0.5) is 0 Å². The first-order valence-electron chi connectivity index (χ1n) is 8.78. The highest BCUT2D eigenvalue weighted by Gasteiger charge is 2.24. The van der Waals surface area contributed by atoms with Crippen LogP contribution < -0.4 is 0 Å². The molecule has 0 saturated heterocycles. The molecule has 1 amide bonds. The topological polar surface area (TPSA) is 37.6 Å². The first-order valence-corrected chi connectivity index (χ1v) is 10.0. The second-order valence-corrected chi connectivity index (χ2v) is 7.87. The summed E-state index contributed by atoms with van der Waals surface area (Å²) in [6, 6.07) is 16.0. The molecule has 27 heavy (non-hydrogen) atoms. The third-order valence-electron chi connectivity index (χ3n) is 5.00. The van der Waals surface area contributed by atoms with E-state index in [1.165, 1.54) is 22.5 Å². The molecular weight excluding hydrogens is 378 g/mol. The maximum Gasteiger partial charge on any atom is 0.272 e. The number of aromatic nitrogens is 2. The number of thiazole rings is 1. The summed E-state index contributed by atoms with van der Waals surface area (Å²) in [5, 5.41) is 2.55. The summed E-state index contributed by atoms with van der Waals surface area (Å²) in [5.41, 5.74) is 4.87. The zero-order valence-corrected chi connectivity index (χ0v) is 16.0. The lowest BCUT2D eigenvalue weighted by atomic mass is 10.00. The minimum absolute atomic E-state index is 0.0406. The summed E-state index contributed by atoms with van der Waals surface area (Å²) < 4.78 is 1.88. The van der Waals surface area contributed by atoms with E-state index < -0.39 is 0 Å². The molecule has 0 atom stereocenters. The van der Waals surface area contributed by atoms with Crippen molar-refractivity contribution in [2.45, 2.75) is 13.0 Å². The largest absolute Gasteiger partial charge is 0.333 e. The van der Waals surface area contributed by atoms with E-state index in [1.54, 1.807) is 0 Å². The van der Waals surface area contributed by atoms with Gasteiger partial charge in [0.25, 0.3) is 5.91 Å². The molecule has 5 rings (SSSR count). The fourth-order valence-corrected chi connectivity index (χ4v) is 4.65. The van der Waals surface area contributed by atoms with Crippen LogP contribution in [0.5, 0.6) is 0 Å². The van der Waals surface area contributed by atoms with Crippen molar-refractivity contribution < 1.29 is 4.79 Å². The molecule has 0 aliphatic carbocycles. The van der Waals surface area contributed by atoms with E-state index in [-0.39, 0.29) is 5.91 Å². The van der Waals surface area contributed by atoms with E-state index in [0.717, 1.165) is 29.2 Å². The van der Waals surface area contributed by atoms with Gasteiger partial charge in [-0.15, -0.1) is 11.3 Å². The normalized spacial score (nSPS) is 13.7. The Hall–Kier alpha value is -2.63. The molecule has 4 aromatic rings. The lowest BCUT2D eigenvalue weighted by Crippen LogP contribution is -2.36. The quantitative estimate of drug-likeness (QED) is 0.485. The maximum atomic E-state index is 13.2. The smallest absolute Gasteiger partial charge is 0.272 e. The lowest BCUT2D eigenvalue weighted by Gasteiger charge is -2.28. The van der Waals surface area contributed by atoms with Crippen molar-refractivity contribution in [3.63, 3.8) is 0 Å². The number of imidazole rings is 1. The van der Waals surface area contributed by atoms with Crippen molar-refractivity contribution in [1.29, 1.82) is 0 Å². The Kier molecular flexibility index (Phi) is 3.99. The van der Waals surface area contributed by atoms with Gasteiger partial charge in [-0.2, -0.15) is 0 Å². The van der Waals surface area contributed by atoms with Gasteiger partial charge < -0.3 is 4.90 Å². The Balaban J connectivity index is 1.49. The van der Waals surface area contributed by atoms with Crippen LogP contribution in [-0.2, 0) is 13.0 Å². The Labute approximate surface area is 165 Å². The van der Waals surface area contributed by atoms with Crippen LogP contribution in [0.15, 0.2) is 60.1 Å². The Morgan fingerprint density at radius 2 is 1.85 bits per heavy atom. The van der Waals surface area contributed by atoms with E-state index in [9.17, 15) is 4.79 Å². The molecule has 4 nitrogen and oxygen atoms in total. The molecule has 0 spiro atoms. The van der Waals surface area contributed by atoms with E-state index in [0.29, 0.717) is 17.3 Å². The van der Waals surface area contributed by atoms with Crippen molar-refractivity contribution >= 4 is 33.8 Å². The minimum Gasteiger partial charge on any atom is -0.333 e. The van der Waals surface area contributed by atoms with Crippen LogP contribution in [0.1, 0.15) is 21.6 Å². The fraction of sp³-hybridized carbons (Fsp3) is 0.143. The van der Waals surface area contributed by atoms with Crippen LogP contribution in [-0.4, -0.2) is 26.7 Å².